The molecule has 0 aliphatic carbocycles. The molecule has 1 spiro atoms. The summed E-state index contributed by atoms with van der Waals surface area (Å²) in [6.45, 7) is 2.25. The predicted molar refractivity (Wildman–Crippen MR) is 157 cm³/mol. The van der Waals surface area contributed by atoms with E-state index in [1.807, 2.05) is 6.92 Å². The zero-order valence-corrected chi connectivity index (χ0v) is 25.1. The fourth-order valence-electron chi connectivity index (χ4n) is 6.43. The molecule has 0 saturated carbocycles. The summed E-state index contributed by atoms with van der Waals surface area (Å²) < 4.78 is 36.3. The van der Waals surface area contributed by atoms with Gasteiger partial charge in [-0.15, -0.1) is 0 Å². The van der Waals surface area contributed by atoms with E-state index < -0.39 is 46.8 Å². The Bertz CT molecular complexity index is 1610. The van der Waals surface area contributed by atoms with Gasteiger partial charge in [0.05, 0.1) is 46.0 Å². The molecule has 3 aliphatic heterocycles. The van der Waals surface area contributed by atoms with Crippen LogP contribution in [0.2, 0.25) is 0 Å². The molecule has 0 bridgehead atoms. The van der Waals surface area contributed by atoms with Crippen molar-refractivity contribution < 1.29 is 42.5 Å². The minimum absolute atomic E-state index is 0.134. The van der Waals surface area contributed by atoms with Crippen molar-refractivity contribution in [3.05, 3.63) is 94.8 Å². The number of carbonyl (C=O) groups excluding carboxylic acids is 4. The molecule has 10 nitrogen and oxygen atoms in total. The van der Waals surface area contributed by atoms with Crippen LogP contribution in [0.5, 0.6) is 5.75 Å². The molecule has 5 rings (SSSR count). The number of esters is 2. The molecule has 1 unspecified atom stereocenters. The zero-order chi connectivity index (χ0) is 31.8. The van der Waals surface area contributed by atoms with Crippen molar-refractivity contribution in [2.75, 3.05) is 39.9 Å². The third-order valence-corrected chi connectivity index (χ3v) is 8.43. The molecule has 2 aromatic rings. The summed E-state index contributed by atoms with van der Waals surface area (Å²) in [4.78, 5) is 60.1. The Balaban J connectivity index is 1.94. The van der Waals surface area contributed by atoms with Crippen molar-refractivity contribution in [2.24, 2.45) is 5.92 Å². The first-order valence-electron chi connectivity index (χ1n) is 14.1. The van der Waals surface area contributed by atoms with Gasteiger partial charge in [0, 0.05) is 24.0 Å². The Hall–Kier alpha value is -4.93. The Labute approximate surface area is 254 Å². The average molecular weight is 605 g/mol. The van der Waals surface area contributed by atoms with Crippen LogP contribution in [0, 0.1) is 11.7 Å². The van der Waals surface area contributed by atoms with E-state index in [0.717, 1.165) is 20.6 Å². The van der Waals surface area contributed by atoms with Gasteiger partial charge >= 0.3 is 11.9 Å². The lowest BCUT2D eigenvalue weighted by molar-refractivity contribution is -0.143. The van der Waals surface area contributed by atoms with E-state index in [1.165, 1.54) is 60.6 Å². The zero-order valence-electron chi connectivity index (χ0n) is 25.1. The van der Waals surface area contributed by atoms with E-state index >= 15 is 9.18 Å². The molecule has 0 N–H and O–H groups in total. The van der Waals surface area contributed by atoms with Gasteiger partial charge < -0.3 is 28.7 Å². The quantitative estimate of drug-likeness (QED) is 0.309. The van der Waals surface area contributed by atoms with E-state index in [2.05, 4.69) is 0 Å². The summed E-state index contributed by atoms with van der Waals surface area (Å²) in [5.41, 5.74) is -1.84. The highest BCUT2D eigenvalue weighted by Crippen LogP contribution is 2.57. The summed E-state index contributed by atoms with van der Waals surface area (Å²) in [7, 11) is 5.18. The molecule has 44 heavy (non-hydrogen) atoms. The first-order chi connectivity index (χ1) is 21.2. The van der Waals surface area contributed by atoms with Gasteiger partial charge in [-0.2, -0.15) is 0 Å². The molecule has 1 amide bonds. The van der Waals surface area contributed by atoms with Gasteiger partial charge in [-0.3, -0.25) is 9.59 Å². The number of nitrogens with zero attached hydrogens (tertiary/aromatic N) is 2. The second kappa shape index (κ2) is 12.0. The predicted octanol–water partition coefficient (Wildman–Crippen LogP) is 4.06. The van der Waals surface area contributed by atoms with Crippen LogP contribution in [-0.2, 0) is 34.0 Å². The monoisotopic (exact) mass is 604 g/mol. The lowest BCUT2D eigenvalue weighted by Crippen LogP contribution is -2.64. The number of ketones is 1. The molecule has 3 heterocycles. The maximum absolute atomic E-state index is 15.2. The second-order valence-electron chi connectivity index (χ2n) is 10.6. The van der Waals surface area contributed by atoms with Gasteiger partial charge in [0.25, 0.3) is 0 Å². The lowest BCUT2D eigenvalue weighted by Gasteiger charge is -2.50. The molecule has 0 aromatic heterocycles. The normalized spacial score (nSPS) is 22.0. The summed E-state index contributed by atoms with van der Waals surface area (Å²) in [5.74, 6) is -4.58. The van der Waals surface area contributed by atoms with Crippen LogP contribution in [0.15, 0.2) is 77.8 Å². The maximum atomic E-state index is 15.2. The Kier molecular flexibility index (Phi) is 8.31. The number of allylic oxidation sites excluding steroid dienone is 1. The standard InChI is InChI=1S/C33H33FN2O8/c1-6-7-15-35-24-13-10-20(34)17-23(24)33(32(35)40)25-18-22(42-3)14-16-36(25)28(31(39)44-5)26(30(38)43-4)27(33)29(37)19-8-11-21(41-2)12-9-19/h8-14,16-18,25,27H,6-7,15H2,1-5H3/t25?,27-,33-/m1/s1. The van der Waals surface area contributed by atoms with Crippen LogP contribution >= 0.6 is 0 Å². The molecule has 0 saturated heterocycles. The highest BCUT2D eigenvalue weighted by atomic mass is 19.1. The van der Waals surface area contributed by atoms with Crippen LogP contribution < -0.4 is 9.64 Å². The average Bonchev–Trinajstić information content (AvgIpc) is 3.28. The van der Waals surface area contributed by atoms with Crippen LogP contribution in [-0.4, -0.2) is 69.6 Å². The van der Waals surface area contributed by atoms with E-state index in [-0.39, 0.29) is 28.9 Å². The third-order valence-electron chi connectivity index (χ3n) is 8.43. The summed E-state index contributed by atoms with van der Waals surface area (Å²) in [6, 6.07) is 9.02. The molecule has 2 aromatic carbocycles. The van der Waals surface area contributed by atoms with Crippen molar-refractivity contribution in [3.8, 4) is 5.75 Å². The van der Waals surface area contributed by atoms with Crippen molar-refractivity contribution in [1.29, 1.82) is 0 Å². The SMILES string of the molecule is CCCCN1C(=O)[C@]2(c3cc(F)ccc31)C1C=C(OC)C=CN1C(C(=O)OC)=C(C(=O)OC)[C@@H]2C(=O)c1ccc(OC)cc1. The number of benzene rings is 2. The van der Waals surface area contributed by atoms with Gasteiger partial charge in [0.1, 0.15) is 28.4 Å². The Morgan fingerprint density at radius 2 is 1.66 bits per heavy atom. The Morgan fingerprint density at radius 1 is 0.955 bits per heavy atom. The number of hydrogen-bond acceptors (Lipinski definition) is 9. The maximum Gasteiger partial charge on any atom is 0.355 e. The minimum Gasteiger partial charge on any atom is -0.497 e. The van der Waals surface area contributed by atoms with E-state index in [4.69, 9.17) is 18.9 Å². The van der Waals surface area contributed by atoms with Crippen molar-refractivity contribution >= 4 is 29.3 Å². The van der Waals surface area contributed by atoms with Crippen LogP contribution in [0.1, 0.15) is 35.7 Å². The van der Waals surface area contributed by atoms with Gasteiger partial charge in [-0.05, 0) is 66.6 Å². The second-order valence-corrected chi connectivity index (χ2v) is 10.6. The first-order valence-corrected chi connectivity index (χ1v) is 14.1. The highest BCUT2D eigenvalue weighted by molar-refractivity contribution is 6.19. The molecule has 11 heteroatoms. The number of anilines is 1. The van der Waals surface area contributed by atoms with Gasteiger partial charge in [0.15, 0.2) is 5.78 Å². The number of halogens is 1. The molecule has 3 atom stereocenters. The summed E-state index contributed by atoms with van der Waals surface area (Å²) >= 11 is 0. The number of amides is 1. The molecule has 3 aliphatic rings. The van der Waals surface area contributed by atoms with Gasteiger partial charge in [0.2, 0.25) is 5.91 Å². The van der Waals surface area contributed by atoms with Crippen LogP contribution in [0.4, 0.5) is 10.1 Å². The topological polar surface area (TPSA) is 112 Å². The smallest absolute Gasteiger partial charge is 0.355 e. The number of fused-ring (bicyclic) bond motifs is 4. The van der Waals surface area contributed by atoms with E-state index in [0.29, 0.717) is 23.6 Å². The molecular formula is C33H33FN2O8. The van der Waals surface area contributed by atoms with E-state index in [9.17, 15) is 14.4 Å². The number of methoxy groups -OCH3 is 4. The van der Waals surface area contributed by atoms with Crippen molar-refractivity contribution in [2.45, 2.75) is 31.2 Å². The molecular weight excluding hydrogens is 571 g/mol. The number of carbonyl (C=O) groups is 4. The lowest BCUT2D eigenvalue weighted by atomic mass is 9.58. The fraction of sp³-hybridized carbons (Fsp3) is 0.333. The fourth-order valence-corrected chi connectivity index (χ4v) is 6.43. The largest absolute Gasteiger partial charge is 0.497 e. The van der Waals surface area contributed by atoms with Crippen molar-refractivity contribution in [3.63, 3.8) is 0 Å². The molecule has 0 radical (unpaired) electrons. The first kappa shape index (κ1) is 30.5. The van der Waals surface area contributed by atoms with Crippen molar-refractivity contribution in [1.82, 2.24) is 4.90 Å². The molecule has 230 valence electrons. The summed E-state index contributed by atoms with van der Waals surface area (Å²) in [6.07, 6.45) is 6.01. The molecule has 0 fully saturated rings. The number of Topliss-reactive ketones (excluding diaryl/α,β-unsaturated/α-hetero) is 1. The Morgan fingerprint density at radius 3 is 2.27 bits per heavy atom. The van der Waals surface area contributed by atoms with Gasteiger partial charge in [-0.1, -0.05) is 13.3 Å². The van der Waals surface area contributed by atoms with Crippen LogP contribution in [0.25, 0.3) is 0 Å². The summed E-state index contributed by atoms with van der Waals surface area (Å²) in [5, 5.41) is 0. The number of rotatable bonds is 9. The third kappa shape index (κ3) is 4.54. The van der Waals surface area contributed by atoms with Gasteiger partial charge in [-0.25, -0.2) is 14.0 Å². The van der Waals surface area contributed by atoms with E-state index in [1.54, 1.807) is 24.3 Å². The number of hydrogen-bond donors (Lipinski definition) is 0. The van der Waals surface area contributed by atoms with Crippen LogP contribution in [0.3, 0.4) is 0 Å². The minimum atomic E-state index is -1.93. The number of ether oxygens (including phenoxy) is 4. The number of unbranched alkanes of at least 4 members (excludes halogenated alkanes) is 1. The highest BCUT2D eigenvalue weighted by Gasteiger charge is 2.68.